The second-order valence-corrected chi connectivity index (χ2v) is 8.26. The number of benzene rings is 2. The largest absolute Gasteiger partial charge is 0.497 e. The predicted molar refractivity (Wildman–Crippen MR) is 118 cm³/mol. The van der Waals surface area contributed by atoms with E-state index in [-0.39, 0.29) is 17.9 Å². The van der Waals surface area contributed by atoms with Gasteiger partial charge in [0.05, 0.1) is 13.7 Å². The zero-order chi connectivity index (χ0) is 21.6. The summed E-state index contributed by atoms with van der Waals surface area (Å²) in [6, 6.07) is 16.4. The van der Waals surface area contributed by atoms with Crippen molar-refractivity contribution in [3.8, 4) is 11.5 Å². The van der Waals surface area contributed by atoms with Gasteiger partial charge in [-0.25, -0.2) is 0 Å². The first-order chi connectivity index (χ1) is 15.2. The van der Waals surface area contributed by atoms with E-state index in [4.69, 9.17) is 9.47 Å². The van der Waals surface area contributed by atoms with Crippen LogP contribution in [0.5, 0.6) is 11.5 Å². The first-order valence-electron chi connectivity index (χ1n) is 11.1. The lowest BCUT2D eigenvalue weighted by atomic mass is 9.84. The van der Waals surface area contributed by atoms with Crippen LogP contribution in [0, 0.1) is 5.92 Å². The Labute approximate surface area is 183 Å². The van der Waals surface area contributed by atoms with Gasteiger partial charge in [-0.15, -0.1) is 0 Å². The van der Waals surface area contributed by atoms with Gasteiger partial charge in [-0.2, -0.15) is 0 Å². The van der Waals surface area contributed by atoms with Crippen LogP contribution in [0.4, 0.5) is 0 Å². The first kappa shape index (κ1) is 21.2. The van der Waals surface area contributed by atoms with Gasteiger partial charge in [0.15, 0.2) is 0 Å². The number of rotatable bonds is 7. The average molecular weight is 423 g/mol. The van der Waals surface area contributed by atoms with Crippen molar-refractivity contribution >= 4 is 11.8 Å². The molecule has 4 rings (SSSR count). The molecule has 3 unspecified atom stereocenters. The predicted octanol–water partition coefficient (Wildman–Crippen LogP) is 3.66. The molecule has 2 fully saturated rings. The van der Waals surface area contributed by atoms with E-state index in [9.17, 15) is 9.59 Å². The first-order valence-corrected chi connectivity index (χ1v) is 11.1. The number of amides is 2. The summed E-state index contributed by atoms with van der Waals surface area (Å²) in [5, 5.41) is 2.98. The molecule has 1 aliphatic heterocycles. The van der Waals surface area contributed by atoms with Crippen molar-refractivity contribution in [1.29, 1.82) is 0 Å². The van der Waals surface area contributed by atoms with Crippen LogP contribution in [0.1, 0.15) is 42.5 Å². The zero-order valence-electron chi connectivity index (χ0n) is 18.0. The minimum Gasteiger partial charge on any atom is -0.497 e. The topological polar surface area (TPSA) is 67.9 Å². The number of ether oxygens (including phenoxy) is 2. The molecule has 6 heteroatoms. The molecule has 0 spiro atoms. The minimum atomic E-state index is -0.419. The fraction of sp³-hybridized carbons (Fsp3) is 0.440. The van der Waals surface area contributed by atoms with Crippen LogP contribution in [0.25, 0.3) is 0 Å². The Bertz CT molecular complexity index is 901. The fourth-order valence-electron chi connectivity index (χ4n) is 4.87. The second kappa shape index (κ2) is 9.86. The van der Waals surface area contributed by atoms with E-state index < -0.39 is 6.04 Å². The van der Waals surface area contributed by atoms with Crippen molar-refractivity contribution in [3.05, 3.63) is 60.2 Å². The number of fused-ring (bicyclic) bond motifs is 1. The number of nitrogens with one attached hydrogen (secondary N) is 1. The molecule has 0 radical (unpaired) electrons. The van der Waals surface area contributed by atoms with Gasteiger partial charge in [-0.3, -0.25) is 9.59 Å². The fourth-order valence-corrected chi connectivity index (χ4v) is 4.87. The summed E-state index contributed by atoms with van der Waals surface area (Å²) < 4.78 is 10.9. The molecule has 1 saturated carbocycles. The molecule has 3 atom stereocenters. The highest BCUT2D eigenvalue weighted by Gasteiger charge is 2.47. The van der Waals surface area contributed by atoms with Crippen LogP contribution in [0.15, 0.2) is 54.6 Å². The van der Waals surface area contributed by atoms with Crippen LogP contribution < -0.4 is 14.8 Å². The van der Waals surface area contributed by atoms with Gasteiger partial charge in [-0.1, -0.05) is 37.1 Å². The molecular weight excluding hydrogens is 392 g/mol. The van der Waals surface area contributed by atoms with Gasteiger partial charge in [0, 0.05) is 17.7 Å². The van der Waals surface area contributed by atoms with Crippen LogP contribution in [-0.2, 0) is 4.79 Å². The van der Waals surface area contributed by atoms with E-state index >= 15 is 0 Å². The van der Waals surface area contributed by atoms with Crippen molar-refractivity contribution in [3.63, 3.8) is 0 Å². The van der Waals surface area contributed by atoms with Crippen molar-refractivity contribution in [1.82, 2.24) is 10.2 Å². The van der Waals surface area contributed by atoms with E-state index in [1.165, 1.54) is 6.42 Å². The van der Waals surface area contributed by atoms with E-state index in [1.807, 2.05) is 59.5 Å². The molecule has 1 N–H and O–H groups in total. The van der Waals surface area contributed by atoms with Crippen LogP contribution >= 0.6 is 0 Å². The summed E-state index contributed by atoms with van der Waals surface area (Å²) in [6.45, 7) is 0.736. The molecule has 164 valence electrons. The summed E-state index contributed by atoms with van der Waals surface area (Å²) in [5.41, 5.74) is 0.646. The van der Waals surface area contributed by atoms with Gasteiger partial charge in [0.1, 0.15) is 24.1 Å². The average Bonchev–Trinajstić information content (AvgIpc) is 3.21. The number of nitrogens with zero attached hydrogens (tertiary/aromatic N) is 1. The highest BCUT2D eigenvalue weighted by Crippen LogP contribution is 2.40. The highest BCUT2D eigenvalue weighted by atomic mass is 16.5. The number of carbonyl (C=O) groups is 2. The lowest BCUT2D eigenvalue weighted by Gasteiger charge is -2.33. The van der Waals surface area contributed by atoms with E-state index in [0.717, 1.165) is 31.4 Å². The Balaban J connectivity index is 1.38. The Morgan fingerprint density at radius 3 is 2.61 bits per heavy atom. The quantitative estimate of drug-likeness (QED) is 0.692. The SMILES string of the molecule is COc1cccc(OCCNC(=O)C2CC3CCCCC3N2C(=O)c2ccccc2)c1. The molecule has 31 heavy (non-hydrogen) atoms. The standard InChI is InChI=1S/C25H30N2O4/c1-30-20-11-7-12-21(17-20)31-15-14-26-24(28)23-16-19-10-5-6-13-22(19)27(23)25(29)18-8-3-2-4-9-18/h2-4,7-9,11-12,17,19,22-23H,5-6,10,13-16H2,1H3,(H,26,28). The van der Waals surface area contributed by atoms with Gasteiger partial charge in [0.25, 0.3) is 5.91 Å². The Morgan fingerprint density at radius 2 is 1.81 bits per heavy atom. The smallest absolute Gasteiger partial charge is 0.254 e. The van der Waals surface area contributed by atoms with Crippen LogP contribution in [-0.4, -0.2) is 49.1 Å². The van der Waals surface area contributed by atoms with Gasteiger partial charge in [-0.05, 0) is 49.4 Å². The molecule has 2 aromatic carbocycles. The maximum atomic E-state index is 13.3. The third-order valence-electron chi connectivity index (χ3n) is 6.36. The van der Waals surface area contributed by atoms with Crippen molar-refractivity contribution in [2.75, 3.05) is 20.3 Å². The maximum Gasteiger partial charge on any atom is 0.254 e. The lowest BCUT2D eigenvalue weighted by Crippen LogP contribution is -2.50. The summed E-state index contributed by atoms with van der Waals surface area (Å²) >= 11 is 0. The molecule has 2 aliphatic rings. The summed E-state index contributed by atoms with van der Waals surface area (Å²) in [5.74, 6) is 1.70. The molecular formula is C25H30N2O4. The molecule has 6 nitrogen and oxygen atoms in total. The third-order valence-corrected chi connectivity index (χ3v) is 6.36. The van der Waals surface area contributed by atoms with E-state index in [0.29, 0.717) is 30.4 Å². The molecule has 1 aliphatic carbocycles. The van der Waals surface area contributed by atoms with Gasteiger partial charge < -0.3 is 19.7 Å². The van der Waals surface area contributed by atoms with Crippen molar-refractivity contribution in [2.24, 2.45) is 5.92 Å². The maximum absolute atomic E-state index is 13.3. The van der Waals surface area contributed by atoms with Crippen LogP contribution in [0.2, 0.25) is 0 Å². The molecule has 0 bridgehead atoms. The summed E-state index contributed by atoms with van der Waals surface area (Å²) in [4.78, 5) is 28.2. The van der Waals surface area contributed by atoms with Gasteiger partial charge >= 0.3 is 0 Å². The molecule has 1 heterocycles. The molecule has 0 aromatic heterocycles. The molecule has 2 aromatic rings. The number of carbonyl (C=O) groups excluding carboxylic acids is 2. The molecule has 1 saturated heterocycles. The van der Waals surface area contributed by atoms with Crippen molar-refractivity contribution in [2.45, 2.75) is 44.2 Å². The number of likely N-dealkylation sites (tertiary alicyclic amines) is 1. The summed E-state index contributed by atoms with van der Waals surface area (Å²) in [7, 11) is 1.61. The number of methoxy groups -OCH3 is 1. The monoisotopic (exact) mass is 422 g/mol. The Kier molecular flexibility index (Phi) is 6.75. The second-order valence-electron chi connectivity index (χ2n) is 8.26. The third kappa shape index (κ3) is 4.84. The zero-order valence-corrected chi connectivity index (χ0v) is 18.0. The van der Waals surface area contributed by atoms with Gasteiger partial charge in [0.2, 0.25) is 5.91 Å². The van der Waals surface area contributed by atoms with Crippen LogP contribution in [0.3, 0.4) is 0 Å². The normalized spacial score (nSPS) is 22.5. The Hall–Kier alpha value is -3.02. The van der Waals surface area contributed by atoms with Crippen molar-refractivity contribution < 1.29 is 19.1 Å². The molecule has 2 amide bonds. The Morgan fingerprint density at radius 1 is 1.03 bits per heavy atom. The van der Waals surface area contributed by atoms with E-state index in [2.05, 4.69) is 5.32 Å². The lowest BCUT2D eigenvalue weighted by molar-refractivity contribution is -0.125. The minimum absolute atomic E-state index is 0.0391. The summed E-state index contributed by atoms with van der Waals surface area (Å²) in [6.07, 6.45) is 5.10. The highest BCUT2D eigenvalue weighted by molar-refractivity contribution is 5.98. The number of hydrogen-bond acceptors (Lipinski definition) is 4. The number of hydrogen-bond donors (Lipinski definition) is 1. The van der Waals surface area contributed by atoms with E-state index in [1.54, 1.807) is 7.11 Å².